The highest BCUT2D eigenvalue weighted by Gasteiger charge is 2.16. The van der Waals surface area contributed by atoms with Crippen molar-refractivity contribution in [3.05, 3.63) is 68.7 Å². The van der Waals surface area contributed by atoms with Gasteiger partial charge in [0.2, 0.25) is 5.91 Å². The summed E-state index contributed by atoms with van der Waals surface area (Å²) in [6.07, 6.45) is 0. The number of amides is 1. The largest absolute Gasteiger partial charge is 0.420 e. The monoisotopic (exact) mass is 338 g/mol. The molecule has 25 heavy (non-hydrogen) atoms. The van der Waals surface area contributed by atoms with Crippen LogP contribution in [0.4, 0.5) is 11.4 Å². The topological polar surface area (TPSA) is 131 Å². The number of hydrogen-bond acceptors (Lipinski definition) is 6. The van der Waals surface area contributed by atoms with E-state index in [0.29, 0.717) is 11.3 Å². The molecule has 0 fully saturated rings. The molecule has 0 unspecified atom stereocenters. The van der Waals surface area contributed by atoms with Crippen LogP contribution in [0.3, 0.4) is 0 Å². The van der Waals surface area contributed by atoms with Gasteiger partial charge in [0.15, 0.2) is 5.58 Å². The third kappa shape index (κ3) is 3.23. The van der Waals surface area contributed by atoms with E-state index in [2.05, 4.69) is 5.32 Å². The number of nitro benzene ring substituents is 1. The zero-order valence-corrected chi connectivity index (χ0v) is 12.6. The van der Waals surface area contributed by atoms with Crippen molar-refractivity contribution in [3.63, 3.8) is 0 Å². The maximum Gasteiger partial charge on any atom is 0.420 e. The molecule has 0 aliphatic heterocycles. The second kappa shape index (κ2) is 6.29. The smallest absolute Gasteiger partial charge is 0.407 e. The van der Waals surface area contributed by atoms with Gasteiger partial charge in [0.25, 0.3) is 5.69 Å². The van der Waals surface area contributed by atoms with E-state index in [9.17, 15) is 19.7 Å². The van der Waals surface area contributed by atoms with E-state index in [0.717, 1.165) is 10.6 Å². The van der Waals surface area contributed by atoms with Crippen molar-refractivity contribution in [1.82, 2.24) is 4.57 Å². The highest BCUT2D eigenvalue weighted by Crippen LogP contribution is 2.20. The van der Waals surface area contributed by atoms with E-state index in [4.69, 9.17) is 9.68 Å². The average Bonchev–Trinajstić information content (AvgIpc) is 2.89. The zero-order valence-electron chi connectivity index (χ0n) is 12.6. The van der Waals surface area contributed by atoms with Gasteiger partial charge in [-0.25, -0.2) is 4.79 Å². The molecule has 9 heteroatoms. The Hall–Kier alpha value is -3.93. The molecule has 0 saturated heterocycles. The first kappa shape index (κ1) is 15.9. The third-order valence-electron chi connectivity index (χ3n) is 3.44. The summed E-state index contributed by atoms with van der Waals surface area (Å²) < 4.78 is 6.03. The number of anilines is 1. The van der Waals surface area contributed by atoms with Gasteiger partial charge in [-0.05, 0) is 24.3 Å². The van der Waals surface area contributed by atoms with Crippen molar-refractivity contribution < 1.29 is 14.1 Å². The van der Waals surface area contributed by atoms with Crippen LogP contribution in [0.1, 0.15) is 5.56 Å². The SMILES string of the molecule is N#Cc1cccc(NC(=O)Cn2c(=O)oc3cc([N+](=O)[O-])ccc32)c1. The summed E-state index contributed by atoms with van der Waals surface area (Å²) in [5.41, 5.74) is 0.887. The summed E-state index contributed by atoms with van der Waals surface area (Å²) >= 11 is 0. The summed E-state index contributed by atoms with van der Waals surface area (Å²) in [6, 6.07) is 12.0. The third-order valence-corrected chi connectivity index (χ3v) is 3.44. The van der Waals surface area contributed by atoms with Crippen LogP contribution < -0.4 is 11.1 Å². The number of oxazole rings is 1. The first-order valence-corrected chi connectivity index (χ1v) is 7.06. The van der Waals surface area contributed by atoms with E-state index < -0.39 is 16.6 Å². The summed E-state index contributed by atoms with van der Waals surface area (Å²) in [5.74, 6) is -1.30. The van der Waals surface area contributed by atoms with Crippen LogP contribution in [0, 0.1) is 21.4 Å². The van der Waals surface area contributed by atoms with Crippen LogP contribution in [0.5, 0.6) is 0 Å². The molecule has 0 saturated carbocycles. The van der Waals surface area contributed by atoms with Crippen molar-refractivity contribution in [3.8, 4) is 6.07 Å². The predicted molar refractivity (Wildman–Crippen MR) is 86.9 cm³/mol. The fourth-order valence-electron chi connectivity index (χ4n) is 2.33. The first-order valence-electron chi connectivity index (χ1n) is 7.06. The summed E-state index contributed by atoms with van der Waals surface area (Å²) in [6.45, 7) is -0.333. The second-order valence-corrected chi connectivity index (χ2v) is 5.10. The molecule has 3 rings (SSSR count). The Kier molecular flexibility index (Phi) is 4.01. The van der Waals surface area contributed by atoms with Crippen molar-refractivity contribution in [2.45, 2.75) is 6.54 Å². The number of benzene rings is 2. The predicted octanol–water partition coefficient (Wildman–Crippen LogP) is 2.01. The number of aromatic nitrogens is 1. The van der Waals surface area contributed by atoms with E-state index in [1.54, 1.807) is 18.2 Å². The molecule has 0 bridgehead atoms. The maximum atomic E-state index is 12.1. The number of nitrogens with zero attached hydrogens (tertiary/aromatic N) is 3. The number of carbonyl (C=O) groups is 1. The fraction of sp³-hybridized carbons (Fsp3) is 0.0625. The molecular weight excluding hydrogens is 328 g/mol. The van der Waals surface area contributed by atoms with Crippen LogP contribution >= 0.6 is 0 Å². The van der Waals surface area contributed by atoms with Crippen LogP contribution in [0.15, 0.2) is 51.7 Å². The second-order valence-electron chi connectivity index (χ2n) is 5.10. The molecule has 0 radical (unpaired) electrons. The minimum Gasteiger partial charge on any atom is -0.407 e. The number of carbonyl (C=O) groups excluding carboxylic acids is 1. The molecular formula is C16H10N4O5. The number of nitrogens with one attached hydrogen (secondary N) is 1. The van der Waals surface area contributed by atoms with Crippen LogP contribution in [-0.2, 0) is 11.3 Å². The van der Waals surface area contributed by atoms with Crippen LogP contribution in [0.25, 0.3) is 11.1 Å². The number of rotatable bonds is 4. The van der Waals surface area contributed by atoms with E-state index >= 15 is 0 Å². The minimum absolute atomic E-state index is 0.0264. The lowest BCUT2D eigenvalue weighted by molar-refractivity contribution is -0.384. The minimum atomic E-state index is -0.795. The molecule has 0 aliphatic rings. The van der Waals surface area contributed by atoms with Crippen molar-refractivity contribution in [1.29, 1.82) is 5.26 Å². The Bertz CT molecular complexity index is 1090. The Balaban J connectivity index is 1.86. The summed E-state index contributed by atoms with van der Waals surface area (Å²) in [7, 11) is 0. The van der Waals surface area contributed by atoms with Gasteiger partial charge < -0.3 is 9.73 Å². The summed E-state index contributed by atoms with van der Waals surface area (Å²) in [5, 5.41) is 22.2. The zero-order chi connectivity index (χ0) is 18.0. The van der Waals surface area contributed by atoms with Crippen molar-refractivity contribution >= 4 is 28.4 Å². The number of nitro groups is 1. The van der Waals surface area contributed by atoms with Gasteiger partial charge in [-0.2, -0.15) is 5.26 Å². The molecule has 0 aliphatic carbocycles. The number of nitriles is 1. The Morgan fingerprint density at radius 2 is 2.12 bits per heavy atom. The first-order chi connectivity index (χ1) is 12.0. The maximum absolute atomic E-state index is 12.1. The lowest BCUT2D eigenvalue weighted by Gasteiger charge is -2.06. The van der Waals surface area contributed by atoms with Crippen molar-refractivity contribution in [2.75, 3.05) is 5.32 Å². The Morgan fingerprint density at radius 1 is 1.32 bits per heavy atom. The Labute approximate surface area is 139 Å². The van der Waals surface area contributed by atoms with Crippen LogP contribution in [0.2, 0.25) is 0 Å². The van der Waals surface area contributed by atoms with Crippen molar-refractivity contribution in [2.24, 2.45) is 0 Å². The molecule has 1 aromatic heterocycles. The summed E-state index contributed by atoms with van der Waals surface area (Å²) in [4.78, 5) is 34.2. The van der Waals surface area contributed by atoms with Gasteiger partial charge in [-0.3, -0.25) is 19.5 Å². The lowest BCUT2D eigenvalue weighted by Crippen LogP contribution is -2.24. The molecule has 1 N–H and O–H groups in total. The van der Waals surface area contributed by atoms with E-state index in [1.807, 2.05) is 6.07 Å². The molecule has 0 spiro atoms. The number of fused-ring (bicyclic) bond motifs is 1. The molecule has 2 aromatic carbocycles. The van der Waals surface area contributed by atoms with Gasteiger partial charge in [0, 0.05) is 11.8 Å². The number of hydrogen-bond donors (Lipinski definition) is 1. The lowest BCUT2D eigenvalue weighted by atomic mass is 10.2. The molecule has 0 atom stereocenters. The highest BCUT2D eigenvalue weighted by atomic mass is 16.6. The van der Waals surface area contributed by atoms with Crippen LogP contribution in [-0.4, -0.2) is 15.4 Å². The highest BCUT2D eigenvalue weighted by molar-refractivity contribution is 5.91. The van der Waals surface area contributed by atoms with Gasteiger partial charge >= 0.3 is 5.76 Å². The molecule has 9 nitrogen and oxygen atoms in total. The molecule has 1 heterocycles. The van der Waals surface area contributed by atoms with Gasteiger partial charge in [-0.1, -0.05) is 6.07 Å². The fourth-order valence-corrected chi connectivity index (χ4v) is 2.33. The standard InChI is InChI=1S/C16H10N4O5/c17-8-10-2-1-3-11(6-10)18-15(21)9-19-13-5-4-12(20(23)24)7-14(13)25-16(19)22/h1-7H,9H2,(H,18,21). The van der Waals surface area contributed by atoms with Gasteiger partial charge in [0.1, 0.15) is 6.54 Å². The van der Waals surface area contributed by atoms with E-state index in [1.165, 1.54) is 18.2 Å². The van der Waals surface area contributed by atoms with Gasteiger partial charge in [0.05, 0.1) is 28.1 Å². The average molecular weight is 338 g/mol. The molecule has 124 valence electrons. The van der Waals surface area contributed by atoms with Gasteiger partial charge in [-0.15, -0.1) is 0 Å². The Morgan fingerprint density at radius 3 is 2.84 bits per heavy atom. The molecule has 1 amide bonds. The molecule has 3 aromatic rings. The normalized spacial score (nSPS) is 10.4. The van der Waals surface area contributed by atoms with E-state index in [-0.39, 0.29) is 23.3 Å². The number of non-ortho nitro benzene ring substituents is 1. The quantitative estimate of drug-likeness (QED) is 0.572.